The van der Waals surface area contributed by atoms with Gasteiger partial charge in [-0.2, -0.15) is 4.98 Å². The van der Waals surface area contributed by atoms with Crippen LogP contribution in [0.4, 0.5) is 4.39 Å². The Morgan fingerprint density at radius 3 is 2.81 bits per heavy atom. The average Bonchev–Trinajstić information content (AvgIpc) is 2.64. The minimum absolute atomic E-state index is 0.130. The molecule has 1 N–H and O–H groups in total. The molecular weight excluding hydrogens is 279 g/mol. The van der Waals surface area contributed by atoms with Crippen LogP contribution in [0.15, 0.2) is 21.1 Å². The monoisotopic (exact) mass is 286 g/mol. The van der Waals surface area contributed by atoms with E-state index in [2.05, 4.69) is 26.1 Å². The first-order chi connectivity index (χ1) is 7.61. The SMILES string of the molecule is Cc1cc(F)cc(Br)c1-c1noc(CO)n1. The Balaban J connectivity index is 2.55. The van der Waals surface area contributed by atoms with Crippen molar-refractivity contribution in [3.8, 4) is 11.4 Å². The second-order valence-electron chi connectivity index (χ2n) is 3.25. The van der Waals surface area contributed by atoms with E-state index in [1.807, 2.05) is 0 Å². The first-order valence-corrected chi connectivity index (χ1v) is 5.30. The van der Waals surface area contributed by atoms with Crippen molar-refractivity contribution in [3.63, 3.8) is 0 Å². The molecular formula is C10H8BrFN2O2. The van der Waals surface area contributed by atoms with Crippen LogP contribution >= 0.6 is 15.9 Å². The number of aryl methyl sites for hydroxylation is 1. The van der Waals surface area contributed by atoms with Gasteiger partial charge in [0.15, 0.2) is 0 Å². The fourth-order valence-corrected chi connectivity index (χ4v) is 2.11. The zero-order valence-corrected chi connectivity index (χ0v) is 9.95. The number of hydrogen-bond donors (Lipinski definition) is 1. The summed E-state index contributed by atoms with van der Waals surface area (Å²) in [6.07, 6.45) is 0. The summed E-state index contributed by atoms with van der Waals surface area (Å²) in [6, 6.07) is 2.71. The van der Waals surface area contributed by atoms with Gasteiger partial charge < -0.3 is 9.63 Å². The van der Waals surface area contributed by atoms with E-state index in [1.165, 1.54) is 12.1 Å². The topological polar surface area (TPSA) is 59.2 Å². The molecule has 0 aliphatic carbocycles. The van der Waals surface area contributed by atoms with Crippen molar-refractivity contribution in [1.29, 1.82) is 0 Å². The zero-order chi connectivity index (χ0) is 11.7. The largest absolute Gasteiger partial charge is 0.387 e. The number of rotatable bonds is 2. The molecule has 0 aliphatic rings. The summed E-state index contributed by atoms with van der Waals surface area (Å²) in [4.78, 5) is 3.97. The maximum Gasteiger partial charge on any atom is 0.252 e. The molecule has 0 amide bonds. The predicted molar refractivity (Wildman–Crippen MR) is 58.1 cm³/mol. The molecule has 0 radical (unpaired) electrons. The van der Waals surface area contributed by atoms with E-state index in [0.717, 1.165) is 0 Å². The summed E-state index contributed by atoms with van der Waals surface area (Å²) in [5.41, 5.74) is 1.35. The Bertz CT molecular complexity index is 504. The van der Waals surface area contributed by atoms with Gasteiger partial charge in [0, 0.05) is 10.0 Å². The van der Waals surface area contributed by atoms with Crippen LogP contribution in [0.2, 0.25) is 0 Å². The van der Waals surface area contributed by atoms with Gasteiger partial charge in [0.2, 0.25) is 5.82 Å². The van der Waals surface area contributed by atoms with Crippen LogP contribution in [0.3, 0.4) is 0 Å². The Morgan fingerprint density at radius 2 is 2.25 bits per heavy atom. The van der Waals surface area contributed by atoms with E-state index < -0.39 is 0 Å². The molecule has 6 heteroatoms. The van der Waals surface area contributed by atoms with Gasteiger partial charge in [0.1, 0.15) is 12.4 Å². The maximum atomic E-state index is 13.1. The maximum absolute atomic E-state index is 13.1. The van der Waals surface area contributed by atoms with Gasteiger partial charge >= 0.3 is 0 Å². The molecule has 0 atom stereocenters. The normalized spacial score (nSPS) is 10.8. The standard InChI is InChI=1S/C10H8BrFN2O2/c1-5-2-6(12)3-7(11)9(5)10-13-8(4-15)16-14-10/h2-3,15H,4H2,1H3. The van der Waals surface area contributed by atoms with Crippen LogP contribution in [-0.4, -0.2) is 15.2 Å². The highest BCUT2D eigenvalue weighted by atomic mass is 79.9. The minimum Gasteiger partial charge on any atom is -0.387 e. The third-order valence-electron chi connectivity index (χ3n) is 2.08. The molecule has 16 heavy (non-hydrogen) atoms. The Morgan fingerprint density at radius 1 is 1.50 bits per heavy atom. The smallest absolute Gasteiger partial charge is 0.252 e. The molecule has 0 unspecified atom stereocenters. The van der Waals surface area contributed by atoms with Gasteiger partial charge in [-0.15, -0.1) is 0 Å². The molecule has 0 aliphatic heterocycles. The van der Waals surface area contributed by atoms with Gasteiger partial charge in [0.25, 0.3) is 5.89 Å². The van der Waals surface area contributed by atoms with Crippen molar-refractivity contribution >= 4 is 15.9 Å². The summed E-state index contributed by atoms with van der Waals surface area (Å²) >= 11 is 3.24. The lowest BCUT2D eigenvalue weighted by atomic mass is 10.1. The van der Waals surface area contributed by atoms with Gasteiger partial charge in [-0.05, 0) is 40.5 Å². The second kappa shape index (κ2) is 4.31. The predicted octanol–water partition coefficient (Wildman–Crippen LogP) is 2.44. The highest BCUT2D eigenvalue weighted by Gasteiger charge is 2.14. The summed E-state index contributed by atoms with van der Waals surface area (Å²) in [5, 5.41) is 12.5. The molecule has 1 aromatic carbocycles. The Labute approximate surface area is 99.2 Å². The first kappa shape index (κ1) is 11.2. The molecule has 84 valence electrons. The molecule has 0 fully saturated rings. The zero-order valence-electron chi connectivity index (χ0n) is 8.37. The first-order valence-electron chi connectivity index (χ1n) is 4.51. The summed E-state index contributed by atoms with van der Waals surface area (Å²) < 4.78 is 18.4. The third kappa shape index (κ3) is 1.98. The Hall–Kier alpha value is -1.27. The molecule has 2 aromatic rings. The van der Waals surface area contributed by atoms with Gasteiger partial charge in [0.05, 0.1) is 0 Å². The number of benzene rings is 1. The Kier molecular flexibility index (Phi) is 3.02. The van der Waals surface area contributed by atoms with Crippen molar-refractivity contribution in [2.24, 2.45) is 0 Å². The highest BCUT2D eigenvalue weighted by molar-refractivity contribution is 9.10. The number of aromatic nitrogens is 2. The molecule has 0 saturated heterocycles. The van der Waals surface area contributed by atoms with Crippen molar-refractivity contribution in [1.82, 2.24) is 10.1 Å². The van der Waals surface area contributed by atoms with Crippen molar-refractivity contribution in [2.75, 3.05) is 0 Å². The van der Waals surface area contributed by atoms with E-state index in [-0.39, 0.29) is 18.3 Å². The highest BCUT2D eigenvalue weighted by Crippen LogP contribution is 2.30. The fraction of sp³-hybridized carbons (Fsp3) is 0.200. The molecule has 0 spiro atoms. The van der Waals surface area contributed by atoms with E-state index in [1.54, 1.807) is 6.92 Å². The average molecular weight is 287 g/mol. The quantitative estimate of drug-likeness (QED) is 0.921. The van der Waals surface area contributed by atoms with Crippen molar-refractivity contribution in [3.05, 3.63) is 33.9 Å². The lowest BCUT2D eigenvalue weighted by molar-refractivity contribution is 0.222. The minimum atomic E-state index is -0.334. The van der Waals surface area contributed by atoms with Gasteiger partial charge in [-0.1, -0.05) is 5.16 Å². The van der Waals surface area contributed by atoms with Crippen LogP contribution in [0.1, 0.15) is 11.5 Å². The molecule has 4 nitrogen and oxygen atoms in total. The molecule has 1 aromatic heterocycles. The number of aliphatic hydroxyl groups is 1. The van der Waals surface area contributed by atoms with Gasteiger partial charge in [-0.3, -0.25) is 0 Å². The van der Waals surface area contributed by atoms with E-state index in [9.17, 15) is 4.39 Å². The number of halogens is 2. The molecule has 0 bridgehead atoms. The fourth-order valence-electron chi connectivity index (χ4n) is 1.41. The number of nitrogens with zero attached hydrogens (tertiary/aromatic N) is 2. The summed E-state index contributed by atoms with van der Waals surface area (Å²) in [7, 11) is 0. The third-order valence-corrected chi connectivity index (χ3v) is 2.70. The van der Waals surface area contributed by atoms with Crippen molar-refractivity contribution in [2.45, 2.75) is 13.5 Å². The van der Waals surface area contributed by atoms with Crippen molar-refractivity contribution < 1.29 is 14.0 Å². The van der Waals surface area contributed by atoms with Crippen LogP contribution in [0, 0.1) is 12.7 Å². The van der Waals surface area contributed by atoms with Crippen LogP contribution in [0.5, 0.6) is 0 Å². The molecule has 0 saturated carbocycles. The molecule has 2 rings (SSSR count). The van der Waals surface area contributed by atoms with E-state index in [4.69, 9.17) is 9.63 Å². The lowest BCUT2D eigenvalue weighted by Crippen LogP contribution is -1.90. The van der Waals surface area contributed by atoms with Crippen LogP contribution < -0.4 is 0 Å². The van der Waals surface area contributed by atoms with Crippen LogP contribution in [0.25, 0.3) is 11.4 Å². The second-order valence-corrected chi connectivity index (χ2v) is 4.10. The van der Waals surface area contributed by atoms with Gasteiger partial charge in [-0.25, -0.2) is 4.39 Å². The van der Waals surface area contributed by atoms with E-state index >= 15 is 0 Å². The number of aliphatic hydroxyl groups excluding tert-OH is 1. The van der Waals surface area contributed by atoms with Crippen LogP contribution in [-0.2, 0) is 6.61 Å². The molecule has 1 heterocycles. The lowest BCUT2D eigenvalue weighted by Gasteiger charge is -2.03. The van der Waals surface area contributed by atoms with E-state index in [0.29, 0.717) is 21.4 Å². The summed E-state index contributed by atoms with van der Waals surface area (Å²) in [5.74, 6) is 0.123. The summed E-state index contributed by atoms with van der Waals surface area (Å²) in [6.45, 7) is 1.43. The number of hydrogen-bond acceptors (Lipinski definition) is 4.